The van der Waals surface area contributed by atoms with Crippen LogP contribution in [0.15, 0.2) is 36.9 Å². The zero-order chi connectivity index (χ0) is 14.3. The summed E-state index contributed by atoms with van der Waals surface area (Å²) in [6, 6.07) is 8.71. The Morgan fingerprint density at radius 2 is 1.67 bits per heavy atom. The predicted molar refractivity (Wildman–Crippen MR) is 92.4 cm³/mol. The second-order valence-electron chi connectivity index (χ2n) is 5.23. The second-order valence-corrected chi connectivity index (χ2v) is 5.23. The Labute approximate surface area is 156 Å². The maximum Gasteiger partial charge on any atom is 0 e. The molecule has 0 aliphatic heterocycles. The van der Waals surface area contributed by atoms with Crippen LogP contribution in [0.25, 0.3) is 0 Å². The van der Waals surface area contributed by atoms with Gasteiger partial charge in [-0.05, 0) is 31.7 Å². The molecule has 0 aromatic heterocycles. The Hall–Kier alpha value is -0.0281. The van der Waals surface area contributed by atoms with Crippen molar-refractivity contribution in [3.63, 3.8) is 0 Å². The third-order valence-corrected chi connectivity index (χ3v) is 3.13. The molecule has 0 aliphatic carbocycles. The number of rotatable bonds is 8. The summed E-state index contributed by atoms with van der Waals surface area (Å²) in [6.45, 7) is 10.3. The molecular formula is C19H34OU. The van der Waals surface area contributed by atoms with Gasteiger partial charge in [0.2, 0.25) is 0 Å². The van der Waals surface area contributed by atoms with Gasteiger partial charge in [0.25, 0.3) is 0 Å². The van der Waals surface area contributed by atoms with E-state index in [4.69, 9.17) is 0 Å². The van der Waals surface area contributed by atoms with Crippen LogP contribution < -0.4 is 0 Å². The third-order valence-electron chi connectivity index (χ3n) is 3.13. The summed E-state index contributed by atoms with van der Waals surface area (Å²) in [6.07, 6.45) is 12.5. The number of hydrogen-bond donors (Lipinski definition) is 0. The van der Waals surface area contributed by atoms with Gasteiger partial charge in [-0.15, -0.1) is 6.58 Å². The van der Waals surface area contributed by atoms with Gasteiger partial charge >= 0.3 is 0 Å². The summed E-state index contributed by atoms with van der Waals surface area (Å²) < 4.78 is 0. The van der Waals surface area contributed by atoms with E-state index in [2.05, 4.69) is 51.6 Å². The van der Waals surface area contributed by atoms with Gasteiger partial charge in [-0.1, -0.05) is 81.9 Å². The van der Waals surface area contributed by atoms with E-state index >= 15 is 0 Å². The standard InChI is InChI=1S/C10H14.C9H18.H2O.U/c1-3-5-10-7-4-6-9(2)8-10;1-3-5-7-9-8-6-4-2;;/h4,6-8H,3,5H2,1-2H3;3H,1,4-9H2,2H3;1H2;. The van der Waals surface area contributed by atoms with E-state index in [0.717, 1.165) is 0 Å². The minimum atomic E-state index is 0. The average molecular weight is 517 g/mol. The molecule has 0 bridgehead atoms. The molecule has 2 heteroatoms. The zero-order valence-corrected chi connectivity index (χ0v) is 18.4. The Morgan fingerprint density at radius 3 is 2.19 bits per heavy atom. The van der Waals surface area contributed by atoms with Crippen LogP contribution in [0.5, 0.6) is 0 Å². The molecule has 0 saturated carbocycles. The van der Waals surface area contributed by atoms with Gasteiger partial charge in [-0.25, -0.2) is 0 Å². The average Bonchev–Trinajstić information content (AvgIpc) is 2.40. The van der Waals surface area contributed by atoms with Crippen molar-refractivity contribution in [3.05, 3.63) is 48.0 Å². The van der Waals surface area contributed by atoms with Crippen LogP contribution in [0.4, 0.5) is 0 Å². The third kappa shape index (κ3) is 17.9. The maximum atomic E-state index is 3.68. The van der Waals surface area contributed by atoms with Crippen molar-refractivity contribution in [1.29, 1.82) is 0 Å². The van der Waals surface area contributed by atoms with Crippen LogP contribution in [0.2, 0.25) is 0 Å². The molecule has 0 fully saturated rings. The Bertz CT molecular complexity index is 323. The molecular weight excluding hydrogens is 482 g/mol. The number of hydrogen-bond acceptors (Lipinski definition) is 0. The molecule has 0 spiro atoms. The van der Waals surface area contributed by atoms with Crippen LogP contribution >= 0.6 is 0 Å². The smallest absolute Gasteiger partial charge is 0 e. The van der Waals surface area contributed by atoms with E-state index in [1.165, 1.54) is 62.5 Å². The molecule has 0 aliphatic rings. The van der Waals surface area contributed by atoms with Crippen molar-refractivity contribution in [3.8, 4) is 0 Å². The first-order valence-electron chi connectivity index (χ1n) is 7.91. The fraction of sp³-hybridized carbons (Fsp3) is 0.579. The van der Waals surface area contributed by atoms with E-state index in [9.17, 15) is 0 Å². The minimum Gasteiger partial charge on any atom is -0.412 e. The summed E-state index contributed by atoms with van der Waals surface area (Å²) >= 11 is 0. The monoisotopic (exact) mass is 516 g/mol. The molecule has 0 amide bonds. The normalized spacial score (nSPS) is 8.71. The first-order chi connectivity index (χ1) is 9.24. The molecule has 1 nitrogen and oxygen atoms in total. The molecule has 0 unspecified atom stereocenters. The number of aryl methyl sites for hydroxylation is 2. The maximum absolute atomic E-state index is 3.68. The molecule has 21 heavy (non-hydrogen) atoms. The van der Waals surface area contributed by atoms with Crippen molar-refractivity contribution in [2.45, 2.75) is 72.1 Å². The summed E-state index contributed by atoms with van der Waals surface area (Å²) in [4.78, 5) is 0. The number of benzene rings is 1. The molecule has 0 heterocycles. The molecule has 1 rings (SSSR count). The molecule has 2 N–H and O–H groups in total. The van der Waals surface area contributed by atoms with Gasteiger partial charge in [0.05, 0.1) is 0 Å². The van der Waals surface area contributed by atoms with Crippen LogP contribution in [-0.4, -0.2) is 5.48 Å². The van der Waals surface area contributed by atoms with Crippen molar-refractivity contribution in [2.24, 2.45) is 0 Å². The summed E-state index contributed by atoms with van der Waals surface area (Å²) in [5, 5.41) is 0. The van der Waals surface area contributed by atoms with E-state index in [0.29, 0.717) is 0 Å². The van der Waals surface area contributed by atoms with Crippen LogP contribution in [0.3, 0.4) is 0 Å². The Kier molecular flexibility index (Phi) is 24.6. The first-order valence-corrected chi connectivity index (χ1v) is 7.91. The molecule has 120 valence electrons. The van der Waals surface area contributed by atoms with Gasteiger partial charge in [-0.3, -0.25) is 0 Å². The van der Waals surface area contributed by atoms with Gasteiger partial charge < -0.3 is 5.48 Å². The van der Waals surface area contributed by atoms with Crippen molar-refractivity contribution < 1.29 is 36.6 Å². The van der Waals surface area contributed by atoms with E-state index in [-0.39, 0.29) is 36.6 Å². The first kappa shape index (κ1) is 25.9. The van der Waals surface area contributed by atoms with E-state index in [1.807, 2.05) is 6.08 Å². The van der Waals surface area contributed by atoms with Gasteiger partial charge in [0.15, 0.2) is 0 Å². The van der Waals surface area contributed by atoms with Crippen LogP contribution in [-0.2, 0) is 6.42 Å². The van der Waals surface area contributed by atoms with Gasteiger partial charge in [0.1, 0.15) is 0 Å². The van der Waals surface area contributed by atoms with Crippen molar-refractivity contribution in [1.82, 2.24) is 0 Å². The number of allylic oxidation sites excluding steroid dienone is 1. The molecule has 1 aromatic rings. The summed E-state index contributed by atoms with van der Waals surface area (Å²) in [7, 11) is 0. The van der Waals surface area contributed by atoms with Gasteiger partial charge in [0, 0.05) is 31.1 Å². The molecule has 0 saturated heterocycles. The number of unbranched alkanes of at least 4 members (excludes halogenated alkanes) is 5. The topological polar surface area (TPSA) is 31.5 Å². The zero-order valence-electron chi connectivity index (χ0n) is 14.3. The van der Waals surface area contributed by atoms with Gasteiger partial charge in [-0.2, -0.15) is 0 Å². The SMILES string of the molecule is C=CCCCCCCC.CCCc1cccc(C)c1.O.[U]. The van der Waals surface area contributed by atoms with E-state index in [1.54, 1.807) is 0 Å². The molecule has 0 atom stereocenters. The molecule has 0 radical (unpaired) electrons. The second kappa shape index (κ2) is 20.0. The van der Waals surface area contributed by atoms with Crippen LogP contribution in [0, 0.1) is 38.0 Å². The van der Waals surface area contributed by atoms with Crippen molar-refractivity contribution >= 4 is 0 Å². The minimum absolute atomic E-state index is 0. The van der Waals surface area contributed by atoms with E-state index < -0.39 is 0 Å². The molecule has 1 aromatic carbocycles. The quantitative estimate of drug-likeness (QED) is 0.316. The Morgan fingerprint density at radius 1 is 1.00 bits per heavy atom. The summed E-state index contributed by atoms with van der Waals surface area (Å²) in [5.74, 6) is 0. The fourth-order valence-electron chi connectivity index (χ4n) is 2.05. The van der Waals surface area contributed by atoms with Crippen LogP contribution in [0.1, 0.15) is 69.9 Å². The van der Waals surface area contributed by atoms with Crippen molar-refractivity contribution in [2.75, 3.05) is 0 Å². The largest absolute Gasteiger partial charge is 0.412 e. The summed E-state index contributed by atoms with van der Waals surface area (Å²) in [5.41, 5.74) is 2.83. The fourth-order valence-corrected chi connectivity index (χ4v) is 2.05. The predicted octanol–water partition coefficient (Wildman–Crippen LogP) is 5.66. The Balaban J connectivity index is -0.000000284.